The maximum Gasteiger partial charge on any atom is 0.340 e. The number of nitrogens with zero attached hydrogens (tertiary/aromatic N) is 2. The third-order valence-electron chi connectivity index (χ3n) is 4.54. The Morgan fingerprint density at radius 3 is 2.33 bits per heavy atom. The normalized spacial score (nSPS) is 10.9. The molecule has 0 saturated heterocycles. The number of fused-ring (bicyclic) bond motifs is 1. The number of carbonyl (C=O) groups is 1. The minimum absolute atomic E-state index is 0.378. The summed E-state index contributed by atoms with van der Waals surface area (Å²) in [6.07, 6.45) is 1.74. The Morgan fingerprint density at radius 1 is 1.07 bits per heavy atom. The lowest BCUT2D eigenvalue weighted by molar-refractivity contribution is 0.0601. The molecule has 0 aliphatic heterocycles. The first-order chi connectivity index (χ1) is 13.0. The van der Waals surface area contributed by atoms with Crippen molar-refractivity contribution in [3.05, 3.63) is 58.2 Å². The Bertz CT molecular complexity index is 981. The Kier molecular flexibility index (Phi) is 5.88. The maximum absolute atomic E-state index is 12.3. The highest BCUT2D eigenvalue weighted by Crippen LogP contribution is 2.37. The summed E-state index contributed by atoms with van der Waals surface area (Å²) in [6.45, 7) is 5.58. The van der Waals surface area contributed by atoms with Crippen LogP contribution in [0.15, 0.2) is 42.6 Å². The highest BCUT2D eigenvalue weighted by Gasteiger charge is 2.21. The van der Waals surface area contributed by atoms with Crippen LogP contribution in [0.5, 0.6) is 0 Å². The highest BCUT2D eigenvalue weighted by atomic mass is 35.5. The van der Waals surface area contributed by atoms with Gasteiger partial charge in [-0.1, -0.05) is 29.3 Å². The molecule has 0 fully saturated rings. The molecule has 0 amide bonds. The average molecular weight is 403 g/mol. The molecule has 1 heterocycles. The molecular weight excluding hydrogens is 383 g/mol. The van der Waals surface area contributed by atoms with Crippen LogP contribution in [0.2, 0.25) is 10.0 Å². The van der Waals surface area contributed by atoms with E-state index in [9.17, 15) is 4.79 Å². The smallest absolute Gasteiger partial charge is 0.340 e. The Balaban J connectivity index is 2.35. The van der Waals surface area contributed by atoms with Crippen molar-refractivity contribution in [2.24, 2.45) is 0 Å². The largest absolute Gasteiger partial charge is 0.465 e. The Morgan fingerprint density at radius 2 is 1.74 bits per heavy atom. The van der Waals surface area contributed by atoms with Gasteiger partial charge in [0.2, 0.25) is 0 Å². The van der Waals surface area contributed by atoms with E-state index in [1.165, 1.54) is 7.11 Å². The molecule has 0 unspecified atom stereocenters. The van der Waals surface area contributed by atoms with E-state index >= 15 is 0 Å². The molecule has 1 aromatic heterocycles. The monoisotopic (exact) mass is 402 g/mol. The van der Waals surface area contributed by atoms with Crippen LogP contribution in [0.3, 0.4) is 0 Å². The predicted molar refractivity (Wildman–Crippen MR) is 112 cm³/mol. The van der Waals surface area contributed by atoms with E-state index in [0.717, 1.165) is 40.8 Å². The van der Waals surface area contributed by atoms with E-state index in [1.54, 1.807) is 18.3 Å². The lowest BCUT2D eigenvalue weighted by Gasteiger charge is -2.25. The minimum atomic E-state index is -0.378. The fourth-order valence-electron chi connectivity index (χ4n) is 3.30. The number of hydrogen-bond donors (Lipinski definition) is 0. The van der Waals surface area contributed by atoms with Gasteiger partial charge >= 0.3 is 5.97 Å². The molecule has 3 rings (SSSR count). The molecule has 0 spiro atoms. The van der Waals surface area contributed by atoms with Gasteiger partial charge in [0.25, 0.3) is 0 Å². The topological polar surface area (TPSA) is 42.4 Å². The van der Waals surface area contributed by atoms with Gasteiger partial charge in [0.05, 0.1) is 23.9 Å². The molecule has 27 heavy (non-hydrogen) atoms. The van der Waals surface area contributed by atoms with Gasteiger partial charge in [-0.05, 0) is 55.3 Å². The summed E-state index contributed by atoms with van der Waals surface area (Å²) >= 11 is 12.4. The van der Waals surface area contributed by atoms with E-state index in [2.05, 4.69) is 9.88 Å². The van der Waals surface area contributed by atoms with Crippen molar-refractivity contribution in [2.45, 2.75) is 13.8 Å². The zero-order chi connectivity index (χ0) is 19.6. The molecule has 140 valence electrons. The van der Waals surface area contributed by atoms with Crippen molar-refractivity contribution in [1.29, 1.82) is 0 Å². The zero-order valence-electron chi connectivity index (χ0n) is 15.4. The summed E-state index contributed by atoms with van der Waals surface area (Å²) in [6, 6.07) is 11.0. The predicted octanol–water partition coefficient (Wildman–Crippen LogP) is 5.84. The van der Waals surface area contributed by atoms with Crippen LogP contribution in [0, 0.1) is 0 Å². The van der Waals surface area contributed by atoms with Crippen molar-refractivity contribution in [3.63, 3.8) is 0 Å². The fourth-order valence-corrected chi connectivity index (χ4v) is 3.83. The van der Waals surface area contributed by atoms with Gasteiger partial charge in [0.1, 0.15) is 0 Å². The number of halogens is 2. The third kappa shape index (κ3) is 3.73. The first-order valence-electron chi connectivity index (χ1n) is 8.71. The van der Waals surface area contributed by atoms with Crippen LogP contribution in [-0.2, 0) is 4.74 Å². The molecule has 6 heteroatoms. The fraction of sp³-hybridized carbons (Fsp3) is 0.238. The first-order valence-corrected chi connectivity index (χ1v) is 9.47. The summed E-state index contributed by atoms with van der Waals surface area (Å²) in [5.41, 5.74) is 3.88. The van der Waals surface area contributed by atoms with Gasteiger partial charge < -0.3 is 9.64 Å². The van der Waals surface area contributed by atoms with Gasteiger partial charge in [-0.25, -0.2) is 4.79 Å². The molecule has 0 N–H and O–H groups in total. The summed E-state index contributed by atoms with van der Waals surface area (Å²) in [5, 5.41) is 2.06. The van der Waals surface area contributed by atoms with Crippen LogP contribution in [0.25, 0.3) is 22.0 Å². The van der Waals surface area contributed by atoms with Crippen LogP contribution < -0.4 is 4.90 Å². The van der Waals surface area contributed by atoms with Gasteiger partial charge in [-0.2, -0.15) is 0 Å². The number of anilines is 1. The van der Waals surface area contributed by atoms with Crippen LogP contribution in [0.4, 0.5) is 5.69 Å². The van der Waals surface area contributed by atoms with Gasteiger partial charge in [0.15, 0.2) is 0 Å². The van der Waals surface area contributed by atoms with E-state index in [1.807, 2.05) is 38.1 Å². The Labute approximate surface area is 168 Å². The number of ether oxygens (including phenoxy) is 1. The first kappa shape index (κ1) is 19.5. The second-order valence-electron chi connectivity index (χ2n) is 6.04. The molecule has 0 radical (unpaired) electrons. The molecule has 0 bridgehead atoms. The summed E-state index contributed by atoms with van der Waals surface area (Å²) in [4.78, 5) is 19.0. The van der Waals surface area contributed by atoms with Crippen molar-refractivity contribution in [3.8, 4) is 11.1 Å². The number of hydrogen-bond acceptors (Lipinski definition) is 4. The Hall–Kier alpha value is -2.30. The van der Waals surface area contributed by atoms with E-state index in [0.29, 0.717) is 15.6 Å². The van der Waals surface area contributed by atoms with E-state index in [4.69, 9.17) is 27.9 Å². The minimum Gasteiger partial charge on any atom is -0.465 e. The number of carbonyl (C=O) groups excluding carboxylic acids is 1. The standard InChI is InChI=1S/C21H20Cl2N2O2/c1-4-25(5-2)20-18(21(26)27-3)7-6-17-16(8-9-24-19(17)20)13-10-14(22)12-15(23)11-13/h6-12H,4-5H2,1-3H3. The summed E-state index contributed by atoms with van der Waals surface area (Å²) < 4.78 is 4.98. The molecule has 0 saturated carbocycles. The van der Waals surface area contributed by atoms with Crippen LogP contribution in [-0.4, -0.2) is 31.2 Å². The van der Waals surface area contributed by atoms with Gasteiger partial charge in [0, 0.05) is 34.7 Å². The van der Waals surface area contributed by atoms with Crippen molar-refractivity contribution < 1.29 is 9.53 Å². The molecular formula is C21H20Cl2N2O2. The lowest BCUT2D eigenvalue weighted by atomic mass is 9.98. The second kappa shape index (κ2) is 8.15. The molecule has 0 atom stereocenters. The number of pyridine rings is 1. The second-order valence-corrected chi connectivity index (χ2v) is 6.91. The number of methoxy groups -OCH3 is 1. The summed E-state index contributed by atoms with van der Waals surface area (Å²) in [7, 11) is 1.39. The van der Waals surface area contributed by atoms with E-state index < -0.39 is 0 Å². The number of esters is 1. The van der Waals surface area contributed by atoms with Crippen LogP contribution in [0.1, 0.15) is 24.2 Å². The highest BCUT2D eigenvalue weighted by molar-refractivity contribution is 6.35. The number of aromatic nitrogens is 1. The molecule has 3 aromatic rings. The van der Waals surface area contributed by atoms with Crippen LogP contribution >= 0.6 is 23.2 Å². The average Bonchev–Trinajstić information content (AvgIpc) is 2.67. The molecule has 2 aromatic carbocycles. The SMILES string of the molecule is CCN(CC)c1c(C(=O)OC)ccc2c(-c3cc(Cl)cc(Cl)c3)ccnc12. The van der Waals surface area contributed by atoms with Crippen molar-refractivity contribution >= 4 is 45.8 Å². The molecule has 0 aliphatic carbocycles. The quantitative estimate of drug-likeness (QED) is 0.502. The van der Waals surface area contributed by atoms with Gasteiger partial charge in [-0.3, -0.25) is 4.98 Å². The molecule has 4 nitrogen and oxygen atoms in total. The maximum atomic E-state index is 12.3. The van der Waals surface area contributed by atoms with Crippen molar-refractivity contribution in [2.75, 3.05) is 25.1 Å². The van der Waals surface area contributed by atoms with E-state index in [-0.39, 0.29) is 5.97 Å². The van der Waals surface area contributed by atoms with Gasteiger partial charge in [-0.15, -0.1) is 0 Å². The number of rotatable bonds is 5. The lowest BCUT2D eigenvalue weighted by Crippen LogP contribution is -2.25. The zero-order valence-corrected chi connectivity index (χ0v) is 16.9. The third-order valence-corrected chi connectivity index (χ3v) is 4.98. The summed E-state index contributed by atoms with van der Waals surface area (Å²) in [5.74, 6) is -0.378. The number of benzene rings is 2. The molecule has 0 aliphatic rings. The van der Waals surface area contributed by atoms with Crippen molar-refractivity contribution in [1.82, 2.24) is 4.98 Å².